The third-order valence-electron chi connectivity index (χ3n) is 3.01. The minimum atomic E-state index is 0.148. The van der Waals surface area contributed by atoms with Crippen LogP contribution in [0, 0.1) is 5.92 Å². The number of ether oxygens (including phenoxy) is 2. The Labute approximate surface area is 83.6 Å². The molecule has 2 N–H and O–H groups in total. The summed E-state index contributed by atoms with van der Waals surface area (Å²) in [4.78, 5) is 0. The first-order valence-corrected chi connectivity index (χ1v) is 5.17. The molecule has 13 heavy (non-hydrogen) atoms. The third-order valence-corrected chi connectivity index (χ3v) is 3.13. The van der Waals surface area contributed by atoms with E-state index >= 15 is 0 Å². The van der Waals surface area contributed by atoms with Crippen LogP contribution in [0.2, 0.25) is 0 Å². The highest BCUT2D eigenvalue weighted by molar-refractivity contribution is 7.80. The molecule has 1 unspecified atom stereocenters. The highest BCUT2D eigenvalue weighted by Crippen LogP contribution is 2.45. The molecule has 2 aliphatic rings. The first-order chi connectivity index (χ1) is 6.20. The first kappa shape index (κ1) is 9.21. The van der Waals surface area contributed by atoms with Crippen LogP contribution in [0.1, 0.15) is 25.7 Å². The van der Waals surface area contributed by atoms with Crippen molar-refractivity contribution in [3.05, 3.63) is 0 Å². The van der Waals surface area contributed by atoms with E-state index in [1.165, 1.54) is 19.3 Å². The summed E-state index contributed by atoms with van der Waals surface area (Å²) in [7, 11) is 0. The Morgan fingerprint density at radius 1 is 1.62 bits per heavy atom. The zero-order chi connectivity index (χ0) is 9.31. The Hall–Kier alpha value is -0.350. The van der Waals surface area contributed by atoms with Gasteiger partial charge in [-0.15, -0.1) is 0 Å². The van der Waals surface area contributed by atoms with Crippen LogP contribution in [0.15, 0.2) is 0 Å². The Morgan fingerprint density at radius 2 is 2.38 bits per heavy atom. The van der Waals surface area contributed by atoms with Crippen LogP contribution in [0.4, 0.5) is 0 Å². The molecule has 0 aromatic rings. The molecule has 0 amide bonds. The summed E-state index contributed by atoms with van der Waals surface area (Å²) in [5.74, 6) is 0.488. The second kappa shape index (κ2) is 3.42. The van der Waals surface area contributed by atoms with Crippen LogP contribution in [0.25, 0.3) is 0 Å². The van der Waals surface area contributed by atoms with Gasteiger partial charge in [-0.3, -0.25) is 0 Å². The van der Waals surface area contributed by atoms with Crippen LogP contribution < -0.4 is 5.73 Å². The maximum absolute atomic E-state index is 5.76. The number of hydrogen-bond donors (Lipinski definition) is 1. The predicted molar refractivity (Wildman–Crippen MR) is 53.4 cm³/mol. The Kier molecular flexibility index (Phi) is 2.43. The molecule has 0 radical (unpaired) electrons. The number of rotatable bonds is 2. The minimum absolute atomic E-state index is 0.148. The molecular weight excluding hydrogens is 186 g/mol. The molecule has 1 heterocycles. The van der Waals surface area contributed by atoms with E-state index in [1.54, 1.807) is 0 Å². The lowest BCUT2D eigenvalue weighted by Gasteiger charge is -2.37. The molecule has 4 heteroatoms. The summed E-state index contributed by atoms with van der Waals surface area (Å²) in [5.41, 5.74) is 5.47. The largest absolute Gasteiger partial charge is 0.471 e. The van der Waals surface area contributed by atoms with Gasteiger partial charge in [-0.25, -0.2) is 0 Å². The molecule has 1 saturated heterocycles. The van der Waals surface area contributed by atoms with Crippen molar-refractivity contribution in [1.82, 2.24) is 0 Å². The zero-order valence-corrected chi connectivity index (χ0v) is 8.44. The van der Waals surface area contributed by atoms with Gasteiger partial charge in [-0.2, -0.15) is 0 Å². The summed E-state index contributed by atoms with van der Waals surface area (Å²) < 4.78 is 10.9. The maximum atomic E-state index is 5.76. The van der Waals surface area contributed by atoms with E-state index in [0.29, 0.717) is 12.5 Å². The summed E-state index contributed by atoms with van der Waals surface area (Å²) in [6, 6.07) is 0. The van der Waals surface area contributed by atoms with Crippen molar-refractivity contribution in [1.29, 1.82) is 0 Å². The number of nitrogens with two attached hydrogens (primary N) is 1. The van der Waals surface area contributed by atoms with Gasteiger partial charge in [0, 0.05) is 5.92 Å². The molecule has 1 aliphatic heterocycles. The zero-order valence-electron chi connectivity index (χ0n) is 7.62. The normalized spacial score (nSPS) is 30.0. The van der Waals surface area contributed by atoms with E-state index in [9.17, 15) is 0 Å². The number of hydrogen-bond acceptors (Lipinski definition) is 3. The van der Waals surface area contributed by atoms with Crippen molar-refractivity contribution in [2.75, 3.05) is 13.2 Å². The predicted octanol–water partition coefficient (Wildman–Crippen LogP) is 1.21. The van der Waals surface area contributed by atoms with Crippen molar-refractivity contribution in [3.63, 3.8) is 0 Å². The van der Waals surface area contributed by atoms with Crippen LogP contribution >= 0.6 is 12.2 Å². The van der Waals surface area contributed by atoms with Gasteiger partial charge in [0.2, 0.25) is 0 Å². The second-order valence-corrected chi connectivity index (χ2v) is 4.45. The van der Waals surface area contributed by atoms with Crippen molar-refractivity contribution in [2.45, 2.75) is 31.3 Å². The third kappa shape index (κ3) is 1.94. The lowest BCUT2D eigenvalue weighted by Crippen LogP contribution is -2.36. The molecule has 2 rings (SSSR count). The van der Waals surface area contributed by atoms with Crippen LogP contribution in [-0.4, -0.2) is 24.0 Å². The van der Waals surface area contributed by atoms with Gasteiger partial charge in [0.15, 0.2) is 0 Å². The van der Waals surface area contributed by atoms with Gasteiger partial charge in [-0.05, 0) is 37.9 Å². The minimum Gasteiger partial charge on any atom is -0.471 e. The van der Waals surface area contributed by atoms with E-state index in [4.69, 9.17) is 15.2 Å². The smallest absolute Gasteiger partial charge is 0.253 e. The highest BCUT2D eigenvalue weighted by Gasteiger charge is 2.45. The fraction of sp³-hybridized carbons (Fsp3) is 0.889. The fourth-order valence-corrected chi connectivity index (χ4v) is 2.23. The summed E-state index contributed by atoms with van der Waals surface area (Å²) in [6.07, 6.45) is 4.87. The Morgan fingerprint density at radius 3 is 2.85 bits per heavy atom. The molecular formula is C9H15NO2S. The van der Waals surface area contributed by atoms with E-state index in [1.807, 2.05) is 0 Å². The summed E-state index contributed by atoms with van der Waals surface area (Å²) >= 11 is 4.64. The standard InChI is InChI=1S/C9H15NO2S/c10-8(13)11-5-7-4-9(12-6-7)2-1-3-9/h7H,1-6H2,(H2,10,13). The van der Waals surface area contributed by atoms with Crippen molar-refractivity contribution < 1.29 is 9.47 Å². The van der Waals surface area contributed by atoms with Crippen molar-refractivity contribution in [2.24, 2.45) is 11.7 Å². The molecule has 1 spiro atoms. The Bertz CT molecular complexity index is 216. The van der Waals surface area contributed by atoms with Crippen LogP contribution in [0.3, 0.4) is 0 Å². The van der Waals surface area contributed by atoms with Crippen molar-refractivity contribution in [3.8, 4) is 0 Å². The monoisotopic (exact) mass is 201 g/mol. The van der Waals surface area contributed by atoms with Gasteiger partial charge in [0.25, 0.3) is 5.17 Å². The average Bonchev–Trinajstić information content (AvgIpc) is 2.43. The van der Waals surface area contributed by atoms with E-state index in [0.717, 1.165) is 13.0 Å². The van der Waals surface area contributed by atoms with E-state index in [2.05, 4.69) is 12.2 Å². The van der Waals surface area contributed by atoms with E-state index in [-0.39, 0.29) is 10.8 Å². The lowest BCUT2D eigenvalue weighted by atomic mass is 9.76. The van der Waals surface area contributed by atoms with Gasteiger partial charge in [0.1, 0.15) is 0 Å². The SMILES string of the molecule is NC(=S)OCC1COC2(CCC2)C1. The topological polar surface area (TPSA) is 44.5 Å². The molecule has 74 valence electrons. The molecule has 1 atom stereocenters. The fourth-order valence-electron chi connectivity index (χ4n) is 2.17. The van der Waals surface area contributed by atoms with Gasteiger partial charge >= 0.3 is 0 Å². The molecule has 0 bridgehead atoms. The molecule has 2 fully saturated rings. The molecule has 3 nitrogen and oxygen atoms in total. The molecule has 0 aromatic heterocycles. The number of thiocarbonyl (C=S) groups is 1. The maximum Gasteiger partial charge on any atom is 0.253 e. The van der Waals surface area contributed by atoms with Crippen LogP contribution in [0.5, 0.6) is 0 Å². The Balaban J connectivity index is 1.75. The first-order valence-electron chi connectivity index (χ1n) is 4.76. The quantitative estimate of drug-likeness (QED) is 0.682. The molecule has 1 aliphatic carbocycles. The van der Waals surface area contributed by atoms with Gasteiger partial charge in [0.05, 0.1) is 18.8 Å². The van der Waals surface area contributed by atoms with Gasteiger partial charge < -0.3 is 15.2 Å². The van der Waals surface area contributed by atoms with Gasteiger partial charge in [-0.1, -0.05) is 0 Å². The lowest BCUT2D eigenvalue weighted by molar-refractivity contribution is -0.0565. The average molecular weight is 201 g/mol. The second-order valence-electron chi connectivity index (χ2n) is 4.05. The summed E-state index contributed by atoms with van der Waals surface area (Å²) in [6.45, 7) is 1.43. The molecule has 0 aromatic carbocycles. The molecule has 1 saturated carbocycles. The van der Waals surface area contributed by atoms with E-state index < -0.39 is 0 Å². The highest BCUT2D eigenvalue weighted by atomic mass is 32.1. The summed E-state index contributed by atoms with van der Waals surface area (Å²) in [5, 5.41) is 0.148. The van der Waals surface area contributed by atoms with Crippen molar-refractivity contribution >= 4 is 17.4 Å². The van der Waals surface area contributed by atoms with Crippen LogP contribution in [-0.2, 0) is 9.47 Å².